The minimum atomic E-state index is -4.38. The fraction of sp³-hybridized carbons (Fsp3) is 0.600. The van der Waals surface area contributed by atoms with E-state index in [2.05, 4.69) is 10.5 Å². The van der Waals surface area contributed by atoms with E-state index in [4.69, 9.17) is 0 Å². The summed E-state index contributed by atoms with van der Waals surface area (Å²) in [5.41, 5.74) is 2.24. The summed E-state index contributed by atoms with van der Waals surface area (Å²) in [6.07, 6.45) is 2.26. The molecule has 4 nitrogen and oxygen atoms in total. The summed E-state index contributed by atoms with van der Waals surface area (Å²) >= 11 is 1.28. The van der Waals surface area contributed by atoms with Crippen molar-refractivity contribution < 1.29 is 18.0 Å². The number of rotatable bonds is 2. The molecule has 1 heterocycles. The molecule has 6 rings (SSSR count). The molecule has 28 heavy (non-hydrogen) atoms. The monoisotopic (exact) mass is 409 g/mol. The van der Waals surface area contributed by atoms with Gasteiger partial charge in [-0.05, 0) is 74.5 Å². The van der Waals surface area contributed by atoms with Crippen molar-refractivity contribution in [3.8, 4) is 0 Å². The molecule has 1 aromatic heterocycles. The Kier molecular flexibility index (Phi) is 3.96. The molecule has 0 aliphatic heterocycles. The van der Waals surface area contributed by atoms with Crippen LogP contribution < -0.4 is 10.2 Å². The number of carbonyl (C=O) groups is 1. The van der Waals surface area contributed by atoms with Gasteiger partial charge >= 0.3 is 6.18 Å². The summed E-state index contributed by atoms with van der Waals surface area (Å²) in [6, 6.07) is 3.67. The smallest absolute Gasteiger partial charge is 0.318 e. The molecule has 0 atom stereocenters. The highest BCUT2D eigenvalue weighted by atomic mass is 32.1. The maximum absolute atomic E-state index is 13.0. The van der Waals surface area contributed by atoms with Crippen LogP contribution >= 0.6 is 11.3 Å². The van der Waals surface area contributed by atoms with Crippen molar-refractivity contribution in [3.05, 3.63) is 28.6 Å². The minimum Gasteiger partial charge on any atom is -0.318 e. The van der Waals surface area contributed by atoms with Crippen molar-refractivity contribution in [3.63, 3.8) is 0 Å². The number of hydrogen-bond acceptors (Lipinski definition) is 3. The third-order valence-electron chi connectivity index (χ3n) is 6.91. The van der Waals surface area contributed by atoms with E-state index >= 15 is 0 Å². The molecule has 2 aromatic rings. The van der Waals surface area contributed by atoms with Crippen LogP contribution in [0.5, 0.6) is 0 Å². The van der Waals surface area contributed by atoms with E-state index in [0.717, 1.165) is 31.4 Å². The summed E-state index contributed by atoms with van der Waals surface area (Å²) in [5.74, 6) is 1.98. The third kappa shape index (κ3) is 2.88. The number of aromatic nitrogens is 1. The van der Waals surface area contributed by atoms with Gasteiger partial charge < -0.3 is 4.57 Å². The van der Waals surface area contributed by atoms with Crippen LogP contribution in [-0.4, -0.2) is 10.5 Å². The molecule has 4 bridgehead atoms. The zero-order chi connectivity index (χ0) is 19.7. The molecule has 150 valence electrons. The molecule has 1 aromatic carbocycles. The van der Waals surface area contributed by atoms with E-state index in [1.807, 2.05) is 0 Å². The number of benzene rings is 1. The van der Waals surface area contributed by atoms with E-state index in [1.165, 1.54) is 36.7 Å². The van der Waals surface area contributed by atoms with Crippen molar-refractivity contribution in [2.45, 2.75) is 44.7 Å². The van der Waals surface area contributed by atoms with Crippen LogP contribution in [0.15, 0.2) is 23.3 Å². The summed E-state index contributed by atoms with van der Waals surface area (Å²) in [4.78, 5) is 13.5. The Balaban J connectivity index is 1.43. The molecule has 8 heteroatoms. The number of halogens is 3. The average Bonchev–Trinajstić information content (AvgIpc) is 2.93. The normalized spacial score (nSPS) is 32.3. The molecule has 4 saturated carbocycles. The summed E-state index contributed by atoms with van der Waals surface area (Å²) < 4.78 is 41.3. The number of alkyl halides is 3. The van der Waals surface area contributed by atoms with Gasteiger partial charge in [0.1, 0.15) is 0 Å². The van der Waals surface area contributed by atoms with Gasteiger partial charge in [0, 0.05) is 7.05 Å². The number of amides is 1. The third-order valence-corrected chi connectivity index (χ3v) is 8.02. The van der Waals surface area contributed by atoms with Gasteiger partial charge in [-0.15, -0.1) is 5.10 Å². The summed E-state index contributed by atoms with van der Waals surface area (Å²) in [5, 5.41) is 4.29. The molecule has 1 N–H and O–H groups in total. The lowest BCUT2D eigenvalue weighted by atomic mass is 9.49. The lowest BCUT2D eigenvalue weighted by molar-refractivity contribution is -0.146. The number of nitrogens with one attached hydrogen (secondary N) is 1. The van der Waals surface area contributed by atoms with E-state index in [-0.39, 0.29) is 11.3 Å². The highest BCUT2D eigenvalue weighted by molar-refractivity contribution is 7.16. The van der Waals surface area contributed by atoms with Crippen LogP contribution in [-0.2, 0) is 18.0 Å². The highest BCUT2D eigenvalue weighted by Gasteiger charge is 2.54. The van der Waals surface area contributed by atoms with Gasteiger partial charge in [-0.25, -0.2) is 5.43 Å². The lowest BCUT2D eigenvalue weighted by Gasteiger charge is -2.55. The van der Waals surface area contributed by atoms with Gasteiger partial charge in [0.2, 0.25) is 10.7 Å². The van der Waals surface area contributed by atoms with Crippen LogP contribution in [0.1, 0.15) is 44.1 Å². The van der Waals surface area contributed by atoms with Gasteiger partial charge in [0.15, 0.2) is 0 Å². The Morgan fingerprint density at radius 1 is 1.18 bits per heavy atom. The van der Waals surface area contributed by atoms with Gasteiger partial charge in [-0.1, -0.05) is 11.3 Å². The van der Waals surface area contributed by atoms with E-state index < -0.39 is 11.7 Å². The molecule has 0 spiro atoms. The van der Waals surface area contributed by atoms with Crippen molar-refractivity contribution in [2.24, 2.45) is 35.3 Å². The van der Waals surface area contributed by atoms with Gasteiger partial charge in [-0.3, -0.25) is 4.79 Å². The topological polar surface area (TPSA) is 46.4 Å². The predicted molar refractivity (Wildman–Crippen MR) is 100 cm³/mol. The number of fused-ring (bicyclic) bond motifs is 1. The Labute approximate surface area is 164 Å². The molecule has 4 aliphatic carbocycles. The molecular formula is C20H22F3N3OS. The van der Waals surface area contributed by atoms with Crippen LogP contribution in [0.3, 0.4) is 0 Å². The quantitative estimate of drug-likeness (QED) is 0.734. The van der Waals surface area contributed by atoms with Crippen LogP contribution in [0, 0.1) is 23.2 Å². The second kappa shape index (κ2) is 6.08. The number of nitrogens with zero attached hydrogens (tertiary/aromatic N) is 2. The average molecular weight is 409 g/mol. The highest BCUT2D eigenvalue weighted by Crippen LogP contribution is 2.60. The fourth-order valence-electron chi connectivity index (χ4n) is 6.02. The van der Waals surface area contributed by atoms with Crippen LogP contribution in [0.4, 0.5) is 13.2 Å². The first-order chi connectivity index (χ1) is 13.2. The summed E-state index contributed by atoms with van der Waals surface area (Å²) in [7, 11) is 1.68. The molecular weight excluding hydrogens is 387 g/mol. The van der Waals surface area contributed by atoms with Gasteiger partial charge in [0.05, 0.1) is 21.2 Å². The number of aryl methyl sites for hydroxylation is 1. The van der Waals surface area contributed by atoms with Crippen molar-refractivity contribution >= 4 is 27.5 Å². The van der Waals surface area contributed by atoms with Crippen molar-refractivity contribution in [1.82, 2.24) is 9.99 Å². The maximum Gasteiger partial charge on any atom is 0.416 e. The maximum atomic E-state index is 13.0. The van der Waals surface area contributed by atoms with E-state index in [1.54, 1.807) is 11.6 Å². The summed E-state index contributed by atoms with van der Waals surface area (Å²) in [6.45, 7) is 0. The Bertz CT molecular complexity index is 985. The molecule has 0 radical (unpaired) electrons. The second-order valence-corrected chi connectivity index (χ2v) is 9.88. The standard InChI is InChI=1S/C20H22F3N3OS/c1-26-15-7-14(20(21,22)23)2-3-16(15)28-18(26)25-24-17(27)19-8-11-4-12(9-19)6-13(5-11)10-19/h2-3,7,11-13H,4-6,8-10H2,1H3,(H,24,27)/b25-18-. The largest absolute Gasteiger partial charge is 0.416 e. The SMILES string of the molecule is Cn1/c(=N/NC(=O)C23CC4CC(CC(C4)C2)C3)sc2ccc(C(F)(F)F)cc21. The molecule has 0 saturated heterocycles. The lowest BCUT2D eigenvalue weighted by Crippen LogP contribution is -2.53. The molecule has 4 fully saturated rings. The number of hydrogen-bond donors (Lipinski definition) is 1. The zero-order valence-corrected chi connectivity index (χ0v) is 16.4. The van der Waals surface area contributed by atoms with Crippen LogP contribution in [0.25, 0.3) is 10.2 Å². The first kappa shape index (κ1) is 18.2. The fourth-order valence-corrected chi connectivity index (χ4v) is 6.98. The van der Waals surface area contributed by atoms with E-state index in [9.17, 15) is 18.0 Å². The first-order valence-electron chi connectivity index (χ1n) is 9.74. The van der Waals surface area contributed by atoms with E-state index in [0.29, 0.717) is 32.8 Å². The Morgan fingerprint density at radius 2 is 1.79 bits per heavy atom. The van der Waals surface area contributed by atoms with Gasteiger partial charge in [0.25, 0.3) is 0 Å². The van der Waals surface area contributed by atoms with Gasteiger partial charge in [-0.2, -0.15) is 13.2 Å². The molecule has 1 amide bonds. The Morgan fingerprint density at radius 3 is 2.36 bits per heavy atom. The minimum absolute atomic E-state index is 0.0139. The Hall–Kier alpha value is -1.83. The van der Waals surface area contributed by atoms with Crippen LogP contribution in [0.2, 0.25) is 0 Å². The van der Waals surface area contributed by atoms with Crippen molar-refractivity contribution in [2.75, 3.05) is 0 Å². The number of carbonyl (C=O) groups excluding carboxylic acids is 1. The second-order valence-electron chi connectivity index (χ2n) is 8.87. The van der Waals surface area contributed by atoms with Crippen molar-refractivity contribution in [1.29, 1.82) is 0 Å². The predicted octanol–water partition coefficient (Wildman–Crippen LogP) is 4.41. The molecule has 4 aliphatic rings. The zero-order valence-electron chi connectivity index (χ0n) is 15.6. The molecule has 0 unspecified atom stereocenters. The first-order valence-corrected chi connectivity index (χ1v) is 10.6. The number of thiazole rings is 1.